The van der Waals surface area contributed by atoms with Crippen LogP contribution < -0.4 is 10.1 Å². The third-order valence-corrected chi connectivity index (χ3v) is 5.53. The monoisotopic (exact) mass is 365 g/mol. The minimum Gasteiger partial charge on any atom is -0.481 e. The van der Waals surface area contributed by atoms with E-state index in [9.17, 15) is 4.79 Å². The molecule has 3 rings (SSSR count). The van der Waals surface area contributed by atoms with Gasteiger partial charge in [-0.25, -0.2) is 0 Å². The van der Waals surface area contributed by atoms with Gasteiger partial charge in [0.25, 0.3) is 5.91 Å². The summed E-state index contributed by atoms with van der Waals surface area (Å²) in [6, 6.07) is 14.7. The number of ether oxygens (including phenoxy) is 1. The molecule has 0 fully saturated rings. The Hall–Kier alpha value is -2.29. The molecule has 0 spiro atoms. The van der Waals surface area contributed by atoms with Crippen molar-refractivity contribution in [2.24, 2.45) is 0 Å². The fourth-order valence-electron chi connectivity index (χ4n) is 3.84. The predicted molar refractivity (Wildman–Crippen MR) is 110 cm³/mol. The molecule has 0 heterocycles. The molecule has 2 aromatic carbocycles. The highest BCUT2D eigenvalue weighted by Crippen LogP contribution is 2.26. The summed E-state index contributed by atoms with van der Waals surface area (Å²) in [5.41, 5.74) is 5.25. The van der Waals surface area contributed by atoms with Gasteiger partial charge in [0, 0.05) is 0 Å². The highest BCUT2D eigenvalue weighted by atomic mass is 16.5. The summed E-state index contributed by atoms with van der Waals surface area (Å²) in [6.07, 6.45) is 6.11. The van der Waals surface area contributed by atoms with E-state index in [-0.39, 0.29) is 11.9 Å². The first-order valence-electron chi connectivity index (χ1n) is 10.3. The second-order valence-corrected chi connectivity index (χ2v) is 7.43. The number of rotatable bonds is 7. The van der Waals surface area contributed by atoms with Crippen LogP contribution in [0, 0.1) is 0 Å². The molecule has 2 aromatic rings. The van der Waals surface area contributed by atoms with E-state index in [1.165, 1.54) is 36.0 Å². The molecule has 0 aromatic heterocycles. The van der Waals surface area contributed by atoms with Crippen LogP contribution in [-0.2, 0) is 24.1 Å². The minimum atomic E-state index is -0.524. The first-order chi connectivity index (χ1) is 13.1. The normalized spacial score (nSPS) is 15.5. The topological polar surface area (TPSA) is 38.3 Å². The van der Waals surface area contributed by atoms with Crippen molar-refractivity contribution in [3.8, 4) is 5.75 Å². The molecule has 0 bridgehead atoms. The van der Waals surface area contributed by atoms with Crippen molar-refractivity contribution < 1.29 is 9.53 Å². The summed E-state index contributed by atoms with van der Waals surface area (Å²) in [7, 11) is 0. The largest absolute Gasteiger partial charge is 0.481 e. The summed E-state index contributed by atoms with van der Waals surface area (Å²) in [5.74, 6) is 0.731. The van der Waals surface area contributed by atoms with Crippen molar-refractivity contribution in [1.82, 2.24) is 5.32 Å². The molecule has 1 N–H and O–H groups in total. The minimum absolute atomic E-state index is 0.0252. The van der Waals surface area contributed by atoms with E-state index in [0.717, 1.165) is 30.6 Å². The lowest BCUT2D eigenvalue weighted by molar-refractivity contribution is -0.128. The van der Waals surface area contributed by atoms with E-state index >= 15 is 0 Å². The molecule has 0 saturated heterocycles. The smallest absolute Gasteiger partial charge is 0.261 e. The number of carbonyl (C=O) groups is 1. The lowest BCUT2D eigenvalue weighted by Crippen LogP contribution is -2.38. The second-order valence-electron chi connectivity index (χ2n) is 7.43. The quantitative estimate of drug-likeness (QED) is 0.736. The first kappa shape index (κ1) is 19.5. The number of fused-ring (bicyclic) bond motifs is 1. The van der Waals surface area contributed by atoms with Crippen LogP contribution in [0.1, 0.15) is 68.3 Å². The van der Waals surface area contributed by atoms with Crippen LogP contribution in [0.3, 0.4) is 0 Å². The van der Waals surface area contributed by atoms with Gasteiger partial charge >= 0.3 is 0 Å². The molecule has 1 aliphatic rings. The van der Waals surface area contributed by atoms with E-state index in [1.54, 1.807) is 0 Å². The van der Waals surface area contributed by atoms with Crippen LogP contribution in [0.15, 0.2) is 42.5 Å². The van der Waals surface area contributed by atoms with Gasteiger partial charge in [0.1, 0.15) is 5.75 Å². The number of aryl methyl sites for hydroxylation is 3. The van der Waals surface area contributed by atoms with E-state index in [1.807, 2.05) is 31.2 Å². The van der Waals surface area contributed by atoms with Crippen LogP contribution in [0.5, 0.6) is 5.75 Å². The standard InChI is InChI=1S/C24H31NO2/c1-4-18-10-8-9-13-23(18)27-17(3)24(26)25-22(5-2)21-15-14-19-11-6-7-12-20(19)16-21/h8-10,13-17,22H,4-7,11-12H2,1-3H3,(H,25,26)/t17-,22-/m0/s1. The average molecular weight is 366 g/mol. The SMILES string of the molecule is CCc1ccccc1O[C@@H](C)C(=O)N[C@@H](CC)c1ccc2c(c1)CCCC2. The molecule has 144 valence electrons. The molecule has 0 radical (unpaired) electrons. The Kier molecular flexibility index (Phi) is 6.54. The van der Waals surface area contributed by atoms with E-state index in [0.29, 0.717) is 0 Å². The van der Waals surface area contributed by atoms with Crippen LogP contribution in [-0.4, -0.2) is 12.0 Å². The lowest BCUT2D eigenvalue weighted by Gasteiger charge is -2.24. The van der Waals surface area contributed by atoms with Gasteiger partial charge in [0.2, 0.25) is 0 Å². The van der Waals surface area contributed by atoms with Gasteiger partial charge in [-0.3, -0.25) is 4.79 Å². The molecule has 1 aliphatic carbocycles. The maximum Gasteiger partial charge on any atom is 0.261 e. The van der Waals surface area contributed by atoms with Crippen molar-refractivity contribution in [2.75, 3.05) is 0 Å². The molecular formula is C24H31NO2. The molecule has 2 atom stereocenters. The van der Waals surface area contributed by atoms with Crippen LogP contribution in [0.2, 0.25) is 0 Å². The maximum atomic E-state index is 12.7. The van der Waals surface area contributed by atoms with Gasteiger partial charge in [0.05, 0.1) is 6.04 Å². The first-order valence-corrected chi connectivity index (χ1v) is 10.3. The van der Waals surface area contributed by atoms with E-state index < -0.39 is 6.10 Å². The van der Waals surface area contributed by atoms with E-state index in [2.05, 4.69) is 37.4 Å². The molecule has 0 unspecified atom stereocenters. The zero-order chi connectivity index (χ0) is 19.2. The molecular weight excluding hydrogens is 334 g/mol. The van der Waals surface area contributed by atoms with Crippen molar-refractivity contribution in [3.63, 3.8) is 0 Å². The number of para-hydroxylation sites is 1. The molecule has 3 nitrogen and oxygen atoms in total. The summed E-state index contributed by atoms with van der Waals surface area (Å²) < 4.78 is 5.96. The van der Waals surface area contributed by atoms with Crippen molar-refractivity contribution in [1.29, 1.82) is 0 Å². The summed E-state index contributed by atoms with van der Waals surface area (Å²) in [5, 5.41) is 3.18. The summed E-state index contributed by atoms with van der Waals surface area (Å²) in [4.78, 5) is 12.7. The zero-order valence-electron chi connectivity index (χ0n) is 16.8. The maximum absolute atomic E-state index is 12.7. The van der Waals surface area contributed by atoms with Crippen molar-refractivity contribution in [3.05, 3.63) is 64.7 Å². The Morgan fingerprint density at radius 2 is 1.81 bits per heavy atom. The molecule has 1 amide bonds. The predicted octanol–water partition coefficient (Wildman–Crippen LogP) is 5.16. The summed E-state index contributed by atoms with van der Waals surface area (Å²) in [6.45, 7) is 6.03. The van der Waals surface area contributed by atoms with Gasteiger partial charge in [0.15, 0.2) is 6.10 Å². The molecule has 0 saturated carbocycles. The van der Waals surface area contributed by atoms with Crippen LogP contribution >= 0.6 is 0 Å². The Labute approximate surface area is 163 Å². The lowest BCUT2D eigenvalue weighted by atomic mass is 9.89. The third-order valence-electron chi connectivity index (χ3n) is 5.53. The van der Waals surface area contributed by atoms with Gasteiger partial charge in [-0.15, -0.1) is 0 Å². The molecule has 3 heteroatoms. The van der Waals surface area contributed by atoms with Crippen LogP contribution in [0.25, 0.3) is 0 Å². The fourth-order valence-corrected chi connectivity index (χ4v) is 3.84. The van der Waals surface area contributed by atoms with Gasteiger partial charge in [-0.05, 0) is 73.8 Å². The van der Waals surface area contributed by atoms with Gasteiger partial charge < -0.3 is 10.1 Å². The summed E-state index contributed by atoms with van der Waals surface area (Å²) >= 11 is 0. The number of benzene rings is 2. The van der Waals surface area contributed by atoms with Gasteiger partial charge in [-0.2, -0.15) is 0 Å². The Balaban J connectivity index is 1.67. The van der Waals surface area contributed by atoms with Crippen molar-refractivity contribution >= 4 is 5.91 Å². The number of hydrogen-bond acceptors (Lipinski definition) is 2. The Bertz CT molecular complexity index is 784. The third kappa shape index (κ3) is 4.71. The molecule has 27 heavy (non-hydrogen) atoms. The Morgan fingerprint density at radius 1 is 1.07 bits per heavy atom. The molecule has 0 aliphatic heterocycles. The van der Waals surface area contributed by atoms with Gasteiger partial charge in [-0.1, -0.05) is 50.2 Å². The zero-order valence-corrected chi connectivity index (χ0v) is 16.8. The highest BCUT2D eigenvalue weighted by Gasteiger charge is 2.21. The fraction of sp³-hybridized carbons (Fsp3) is 0.458. The van der Waals surface area contributed by atoms with Crippen LogP contribution in [0.4, 0.5) is 0 Å². The Morgan fingerprint density at radius 3 is 2.56 bits per heavy atom. The number of hydrogen-bond donors (Lipinski definition) is 1. The number of nitrogens with one attached hydrogen (secondary N) is 1. The number of carbonyl (C=O) groups excluding carboxylic acids is 1. The second kappa shape index (κ2) is 9.07. The average Bonchev–Trinajstić information content (AvgIpc) is 2.71. The van der Waals surface area contributed by atoms with Crippen molar-refractivity contribution in [2.45, 2.75) is 71.4 Å². The highest BCUT2D eigenvalue weighted by molar-refractivity contribution is 5.81. The number of amides is 1. The van der Waals surface area contributed by atoms with E-state index in [4.69, 9.17) is 4.74 Å².